The van der Waals surface area contributed by atoms with Crippen molar-refractivity contribution in [3.8, 4) is 0 Å². The van der Waals surface area contributed by atoms with Crippen molar-refractivity contribution in [1.82, 2.24) is 3.42 Å². The van der Waals surface area contributed by atoms with Crippen molar-refractivity contribution in [2.24, 2.45) is 0 Å². The fourth-order valence-electron chi connectivity index (χ4n) is 0.598. The molecule has 0 bridgehead atoms. The Morgan fingerprint density at radius 2 is 1.18 bits per heavy atom. The quantitative estimate of drug-likeness (QED) is 0.641. The number of rotatable bonds is 1. The molecule has 1 heterocycles. The number of hydrogen-bond donors (Lipinski definition) is 0. The zero-order chi connectivity index (χ0) is 8.81. The molecule has 0 fully saturated rings. The molecule has 0 spiro atoms. The van der Waals surface area contributed by atoms with E-state index in [-0.39, 0.29) is 3.42 Å². The maximum absolute atomic E-state index is 10.2. The van der Waals surface area contributed by atoms with E-state index in [4.69, 9.17) is 0 Å². The Labute approximate surface area is 58.6 Å². The van der Waals surface area contributed by atoms with Crippen LogP contribution in [0.4, 0.5) is 0 Å². The van der Waals surface area contributed by atoms with Crippen LogP contribution in [0.2, 0.25) is 0 Å². The van der Waals surface area contributed by atoms with E-state index in [1.54, 1.807) is 0 Å². The molecule has 0 N–H and O–H groups in total. The van der Waals surface area contributed by atoms with Crippen LogP contribution in [0.3, 0.4) is 0 Å². The molecule has 1 aromatic rings. The molecule has 0 saturated carbocycles. The van der Waals surface area contributed by atoms with Gasteiger partial charge in [-0.1, -0.05) is 0 Å². The van der Waals surface area contributed by atoms with Crippen molar-refractivity contribution in [1.29, 1.82) is 0 Å². The molecule has 0 saturated heterocycles. The Kier molecular flexibility index (Phi) is 0.912. The summed E-state index contributed by atoms with van der Waals surface area (Å²) in [5.74, 6) is 0. The van der Waals surface area contributed by atoms with Gasteiger partial charge in [-0.15, -0.1) is 0 Å². The zero-order valence-corrected chi connectivity index (χ0v) is 6.64. The first kappa shape index (κ1) is 7.97. The van der Waals surface area contributed by atoms with Gasteiger partial charge in [-0.2, -0.15) is 0 Å². The molecule has 7 heteroatoms. The molecule has 0 aliphatic rings. The molecule has 0 aromatic carbocycles. The fourth-order valence-corrected chi connectivity index (χ4v) is 1.69. The van der Waals surface area contributed by atoms with Crippen LogP contribution in [0.25, 0.3) is 0 Å². The number of nitrogens with zero attached hydrogens (tertiary/aromatic N) is 1. The Morgan fingerprint density at radius 3 is 1.36 bits per heavy atom. The molecule has 1 rings (SSSR count). The predicted molar refractivity (Wildman–Crippen MR) is 23.3 cm³/mol. The second-order valence-corrected chi connectivity index (χ2v) is 6.54. The van der Waals surface area contributed by atoms with Gasteiger partial charge < -0.3 is 0 Å². The van der Waals surface area contributed by atoms with Gasteiger partial charge in [0, 0.05) is 0 Å². The first-order chi connectivity index (χ1) is 4.59. The molecule has 60 valence electrons. The van der Waals surface area contributed by atoms with Gasteiger partial charge in [-0.3, -0.25) is 0 Å². The molecule has 0 aliphatic heterocycles. The van der Waals surface area contributed by atoms with Gasteiger partial charge in [-0.25, -0.2) is 0 Å². The topological polar surface area (TPSA) is 90.3 Å². The molecular formula is C4H4NO5V. The van der Waals surface area contributed by atoms with E-state index in [2.05, 4.69) is 0 Å². The van der Waals surface area contributed by atoms with Gasteiger partial charge in [0.25, 0.3) is 0 Å². The van der Waals surface area contributed by atoms with Gasteiger partial charge in [0.15, 0.2) is 0 Å². The van der Waals surface area contributed by atoms with E-state index in [9.17, 15) is 18.4 Å². The maximum atomic E-state index is 10.2. The molecule has 0 unspecified atom stereocenters. The summed E-state index contributed by atoms with van der Waals surface area (Å²) in [6, 6.07) is 2.20. The third kappa shape index (κ3) is 1.66. The summed E-state index contributed by atoms with van der Waals surface area (Å²) in [5.41, 5.74) is 0. The van der Waals surface area contributed by atoms with Gasteiger partial charge >= 0.3 is 58.0 Å². The molecule has 11 heavy (non-hydrogen) atoms. The third-order valence-corrected chi connectivity index (χ3v) is 2.95. The Bertz CT molecular complexity index is 610. The van der Waals surface area contributed by atoms with Crippen LogP contribution in [-0.2, 0) is 30.1 Å². The van der Waals surface area contributed by atoms with E-state index in [1.165, 1.54) is 0 Å². The van der Waals surface area contributed by atoms with Crippen LogP contribution in [0, 0.1) is 0 Å². The summed E-state index contributed by atoms with van der Waals surface area (Å²) in [6.45, 7) is 0. The molecule has 0 atom stereocenters. The van der Waals surface area contributed by atoms with Gasteiger partial charge in [0.1, 0.15) is 0 Å². The van der Waals surface area contributed by atoms with E-state index < -0.39 is 11.7 Å². The molecule has 6 nitrogen and oxygen atoms in total. The molecule has 0 radical (unpaired) electrons. The standard InChI is InChI=1S/C4H4N.5O.V/c1-2-4-5-3-1;;;;;;/h1-4H;;;;;;/q-1;;;;;;+1. The SMILES string of the molecule is [O]=[V](=[O])(=[O])(=[O])(=[O])[n]1cccc1. The average Bonchev–Trinajstić information content (AvgIpc) is 2.01. The number of hydrogen-bond acceptors (Lipinski definition) is 5. The van der Waals surface area contributed by atoms with E-state index in [0.29, 0.717) is 12.4 Å². The van der Waals surface area contributed by atoms with Crippen LogP contribution in [0.5, 0.6) is 0 Å². The zero-order valence-electron chi connectivity index (χ0n) is 5.25. The second-order valence-electron chi connectivity index (χ2n) is 2.22. The Hall–Kier alpha value is -1.14. The first-order valence-corrected chi connectivity index (χ1v) is 6.10. The van der Waals surface area contributed by atoms with Gasteiger partial charge in [0.05, 0.1) is 0 Å². The number of aromatic nitrogens is 1. The Balaban J connectivity index is 4.12. The van der Waals surface area contributed by atoms with Crippen molar-refractivity contribution in [2.75, 3.05) is 0 Å². The third-order valence-electron chi connectivity index (χ3n) is 1.06. The van der Waals surface area contributed by atoms with Crippen LogP contribution < -0.4 is 0 Å². The van der Waals surface area contributed by atoms with Crippen molar-refractivity contribution in [3.05, 3.63) is 24.5 Å². The summed E-state index contributed by atoms with van der Waals surface area (Å²) >= 11 is -8.88. The minimum atomic E-state index is -8.88. The normalized spacial score (nSPS) is 12.0. The second kappa shape index (κ2) is 1.26. The van der Waals surface area contributed by atoms with E-state index in [0.717, 1.165) is 12.1 Å². The fraction of sp³-hybridized carbons (Fsp3) is 0. The summed E-state index contributed by atoms with van der Waals surface area (Å²) < 4.78 is 50.8. The summed E-state index contributed by atoms with van der Waals surface area (Å²) in [7, 11) is 0. The predicted octanol–water partition coefficient (Wildman–Crippen LogP) is 0.204. The molecule has 1 aromatic heterocycles. The van der Waals surface area contributed by atoms with Crippen LogP contribution in [-0.4, -0.2) is 3.42 Å². The van der Waals surface area contributed by atoms with E-state index in [1.807, 2.05) is 0 Å². The molecule has 0 amide bonds. The molecule has 0 aliphatic carbocycles. The van der Waals surface area contributed by atoms with Crippen LogP contribution >= 0.6 is 0 Å². The van der Waals surface area contributed by atoms with Gasteiger partial charge in [-0.05, 0) is 0 Å². The minimum absolute atomic E-state index is 0.372. The van der Waals surface area contributed by atoms with Crippen molar-refractivity contribution in [2.45, 2.75) is 0 Å². The van der Waals surface area contributed by atoms with Crippen molar-refractivity contribution in [3.63, 3.8) is 0 Å². The van der Waals surface area contributed by atoms with Crippen LogP contribution in [0.1, 0.15) is 0 Å². The monoisotopic (exact) mass is 197 g/mol. The summed E-state index contributed by atoms with van der Waals surface area (Å²) in [4.78, 5) is 0. The van der Waals surface area contributed by atoms with E-state index >= 15 is 0 Å². The Morgan fingerprint density at radius 1 is 0.818 bits per heavy atom. The summed E-state index contributed by atoms with van der Waals surface area (Å²) in [6.07, 6.45) is 1.24. The first-order valence-electron chi connectivity index (χ1n) is 2.63. The molecular weight excluding hydrogens is 193 g/mol. The summed E-state index contributed by atoms with van der Waals surface area (Å²) in [5, 5.41) is 0. The average molecular weight is 197 g/mol. The van der Waals surface area contributed by atoms with Crippen LogP contribution in [0.15, 0.2) is 24.5 Å². The van der Waals surface area contributed by atoms with Crippen molar-refractivity contribution >= 4 is 0 Å². The van der Waals surface area contributed by atoms with Gasteiger partial charge in [0.2, 0.25) is 0 Å². The van der Waals surface area contributed by atoms with Crippen molar-refractivity contribution < 1.29 is 30.1 Å².